The largest absolute Gasteiger partial charge is 0.371 e. The van der Waals surface area contributed by atoms with Gasteiger partial charge in [0.05, 0.1) is 0 Å². The fourth-order valence-electron chi connectivity index (χ4n) is 2.62. The second-order valence-electron chi connectivity index (χ2n) is 5.71. The summed E-state index contributed by atoms with van der Waals surface area (Å²) in [5, 5.41) is 0. The number of ketones is 2. The quantitative estimate of drug-likeness (QED) is 0.547. The Kier molecular flexibility index (Phi) is 6.23. The molecule has 2 aromatic rings. The number of rotatable bonds is 7. The molecule has 0 atom stereocenters. The van der Waals surface area contributed by atoms with Gasteiger partial charge < -0.3 is 4.90 Å². The van der Waals surface area contributed by atoms with Crippen molar-refractivity contribution in [1.29, 1.82) is 0 Å². The fraction of sp³-hybridized carbons (Fsp3) is 0.238. The highest BCUT2D eigenvalue weighted by Gasteiger charge is 2.13. The van der Waals surface area contributed by atoms with Gasteiger partial charge in [-0.15, -0.1) is 0 Å². The Balaban J connectivity index is 2.39. The molecule has 0 aliphatic carbocycles. The minimum atomic E-state index is -0.311. The number of hydrogen-bond acceptors (Lipinski definition) is 3. The summed E-state index contributed by atoms with van der Waals surface area (Å²) in [6, 6.07) is 12.7. The van der Waals surface area contributed by atoms with Gasteiger partial charge in [0.2, 0.25) is 0 Å². The number of allylic oxidation sites excluding steroid dienone is 1. The maximum Gasteiger partial charge on any atom is 0.187 e. The molecule has 130 valence electrons. The molecule has 0 bridgehead atoms. The van der Waals surface area contributed by atoms with Gasteiger partial charge in [-0.3, -0.25) is 9.59 Å². The molecule has 0 radical (unpaired) electrons. The van der Waals surface area contributed by atoms with Gasteiger partial charge >= 0.3 is 0 Å². The molecule has 25 heavy (non-hydrogen) atoms. The van der Waals surface area contributed by atoms with Gasteiger partial charge in [-0.2, -0.15) is 0 Å². The lowest BCUT2D eigenvalue weighted by molar-refractivity contribution is 0.101. The van der Waals surface area contributed by atoms with E-state index in [0.717, 1.165) is 24.4 Å². The van der Waals surface area contributed by atoms with Crippen molar-refractivity contribution in [2.24, 2.45) is 0 Å². The summed E-state index contributed by atoms with van der Waals surface area (Å²) in [6.45, 7) is 6.97. The standard InChI is InChI=1S/C21H22FNO2/c1-4-23(5-2)20(17-10-12-19(22)13-11-17)14-21(25)18-8-6-16(7-9-18)15(3)24/h6-14H,4-5H2,1-3H3/b20-14-. The summed E-state index contributed by atoms with van der Waals surface area (Å²) >= 11 is 0. The van der Waals surface area contributed by atoms with Crippen molar-refractivity contribution >= 4 is 17.3 Å². The van der Waals surface area contributed by atoms with Crippen LogP contribution in [-0.4, -0.2) is 29.6 Å². The van der Waals surface area contributed by atoms with Crippen molar-refractivity contribution in [1.82, 2.24) is 4.90 Å². The minimum Gasteiger partial charge on any atom is -0.371 e. The SMILES string of the molecule is CCN(CC)/C(=C\C(=O)c1ccc(C(C)=O)cc1)c1ccc(F)cc1. The van der Waals surface area contributed by atoms with Gasteiger partial charge in [-0.25, -0.2) is 4.39 Å². The Morgan fingerprint density at radius 1 is 0.880 bits per heavy atom. The first-order chi connectivity index (χ1) is 12.0. The smallest absolute Gasteiger partial charge is 0.187 e. The lowest BCUT2D eigenvalue weighted by Gasteiger charge is -2.24. The number of carbonyl (C=O) groups is 2. The molecule has 0 spiro atoms. The average molecular weight is 339 g/mol. The number of nitrogens with zero attached hydrogens (tertiary/aromatic N) is 1. The summed E-state index contributed by atoms with van der Waals surface area (Å²) in [5.41, 5.74) is 2.63. The molecule has 2 rings (SSSR count). The van der Waals surface area contributed by atoms with Crippen molar-refractivity contribution in [3.8, 4) is 0 Å². The Morgan fingerprint density at radius 2 is 1.36 bits per heavy atom. The Labute approximate surface area is 147 Å². The first-order valence-electron chi connectivity index (χ1n) is 8.34. The Morgan fingerprint density at radius 3 is 1.84 bits per heavy atom. The van der Waals surface area contributed by atoms with Gasteiger partial charge in [0, 0.05) is 36.0 Å². The highest BCUT2D eigenvalue weighted by atomic mass is 19.1. The van der Waals surface area contributed by atoms with Crippen LogP contribution in [0.2, 0.25) is 0 Å². The molecule has 4 heteroatoms. The monoisotopic (exact) mass is 339 g/mol. The van der Waals surface area contributed by atoms with Crippen LogP contribution in [0.15, 0.2) is 54.6 Å². The first kappa shape index (κ1) is 18.6. The molecule has 0 fully saturated rings. The second-order valence-corrected chi connectivity index (χ2v) is 5.71. The van der Waals surface area contributed by atoms with Crippen LogP contribution in [0.25, 0.3) is 5.70 Å². The number of halogens is 1. The van der Waals surface area contributed by atoms with Crippen LogP contribution in [0.1, 0.15) is 47.1 Å². The van der Waals surface area contributed by atoms with Gasteiger partial charge in [-0.05, 0) is 50.6 Å². The number of benzene rings is 2. The van der Waals surface area contributed by atoms with Crippen LogP contribution in [0.4, 0.5) is 4.39 Å². The minimum absolute atomic E-state index is 0.0373. The molecular formula is C21H22FNO2. The number of hydrogen-bond donors (Lipinski definition) is 0. The molecule has 3 nitrogen and oxygen atoms in total. The predicted molar refractivity (Wildman–Crippen MR) is 98.1 cm³/mol. The van der Waals surface area contributed by atoms with Crippen LogP contribution < -0.4 is 0 Å². The molecule has 0 unspecified atom stereocenters. The van der Waals surface area contributed by atoms with Crippen LogP contribution in [0, 0.1) is 5.82 Å². The molecule has 0 amide bonds. The maximum absolute atomic E-state index is 13.2. The van der Waals surface area contributed by atoms with Crippen molar-refractivity contribution in [2.75, 3.05) is 13.1 Å². The summed E-state index contributed by atoms with van der Waals surface area (Å²) < 4.78 is 13.2. The van der Waals surface area contributed by atoms with Crippen molar-refractivity contribution < 1.29 is 14.0 Å². The van der Waals surface area contributed by atoms with E-state index in [1.54, 1.807) is 42.5 Å². The number of carbonyl (C=O) groups excluding carboxylic acids is 2. The molecule has 0 saturated heterocycles. The highest BCUT2D eigenvalue weighted by Crippen LogP contribution is 2.21. The molecule has 0 aliphatic heterocycles. The summed E-state index contributed by atoms with van der Waals surface area (Å²) in [7, 11) is 0. The summed E-state index contributed by atoms with van der Waals surface area (Å²) in [6.07, 6.45) is 1.57. The third-order valence-electron chi connectivity index (χ3n) is 4.09. The second kappa shape index (κ2) is 8.38. The molecule has 0 aliphatic rings. The van der Waals surface area contributed by atoms with E-state index in [2.05, 4.69) is 4.90 Å². The summed E-state index contributed by atoms with van der Waals surface area (Å²) in [4.78, 5) is 26.1. The van der Waals surface area contributed by atoms with Gasteiger partial charge in [0.15, 0.2) is 11.6 Å². The molecule has 2 aromatic carbocycles. The average Bonchev–Trinajstić information content (AvgIpc) is 2.62. The first-order valence-corrected chi connectivity index (χ1v) is 8.34. The fourth-order valence-corrected chi connectivity index (χ4v) is 2.62. The molecule has 0 N–H and O–H groups in total. The van der Waals surface area contributed by atoms with Crippen LogP contribution in [0.5, 0.6) is 0 Å². The van der Waals surface area contributed by atoms with Crippen molar-refractivity contribution in [3.63, 3.8) is 0 Å². The van der Waals surface area contributed by atoms with Crippen LogP contribution >= 0.6 is 0 Å². The third-order valence-corrected chi connectivity index (χ3v) is 4.09. The van der Waals surface area contributed by atoms with Gasteiger partial charge in [0.1, 0.15) is 5.82 Å². The van der Waals surface area contributed by atoms with E-state index in [4.69, 9.17) is 0 Å². The third kappa shape index (κ3) is 4.63. The van der Waals surface area contributed by atoms with E-state index in [0.29, 0.717) is 11.1 Å². The molecular weight excluding hydrogens is 317 g/mol. The van der Waals surface area contributed by atoms with E-state index < -0.39 is 0 Å². The molecule has 0 saturated carbocycles. The van der Waals surface area contributed by atoms with E-state index in [1.807, 2.05) is 13.8 Å². The van der Waals surface area contributed by atoms with E-state index >= 15 is 0 Å². The summed E-state index contributed by atoms with van der Waals surface area (Å²) in [5.74, 6) is -0.500. The lowest BCUT2D eigenvalue weighted by Crippen LogP contribution is -2.22. The lowest BCUT2D eigenvalue weighted by atomic mass is 10.0. The van der Waals surface area contributed by atoms with Crippen molar-refractivity contribution in [2.45, 2.75) is 20.8 Å². The van der Waals surface area contributed by atoms with Crippen molar-refractivity contribution in [3.05, 3.63) is 77.1 Å². The zero-order valence-corrected chi connectivity index (χ0v) is 14.8. The number of Topliss-reactive ketones (excluding diaryl/α,β-unsaturated/α-hetero) is 1. The normalized spacial score (nSPS) is 11.3. The molecule has 0 heterocycles. The van der Waals surface area contributed by atoms with Gasteiger partial charge in [-0.1, -0.05) is 24.3 Å². The van der Waals surface area contributed by atoms with Crippen LogP contribution in [-0.2, 0) is 0 Å². The zero-order valence-electron chi connectivity index (χ0n) is 14.8. The van der Waals surface area contributed by atoms with E-state index in [-0.39, 0.29) is 17.4 Å². The topological polar surface area (TPSA) is 37.4 Å². The zero-order chi connectivity index (χ0) is 18.4. The Hall–Kier alpha value is -2.75. The van der Waals surface area contributed by atoms with E-state index in [9.17, 15) is 14.0 Å². The maximum atomic E-state index is 13.2. The highest BCUT2D eigenvalue weighted by molar-refractivity contribution is 6.08. The Bertz CT molecular complexity index is 773. The predicted octanol–water partition coefficient (Wildman–Crippen LogP) is 4.59. The molecule has 0 aromatic heterocycles. The van der Waals surface area contributed by atoms with E-state index in [1.165, 1.54) is 19.1 Å². The van der Waals surface area contributed by atoms with Crippen LogP contribution in [0.3, 0.4) is 0 Å². The van der Waals surface area contributed by atoms with Gasteiger partial charge in [0.25, 0.3) is 0 Å².